The number of hydrogen-bond donors (Lipinski definition) is 2. The van der Waals surface area contributed by atoms with Crippen LogP contribution in [0.25, 0.3) is 0 Å². The maximum absolute atomic E-state index is 12.2. The van der Waals surface area contributed by atoms with Gasteiger partial charge in [0.2, 0.25) is 5.91 Å². The molecule has 3 amide bonds. The molecule has 2 N–H and O–H groups in total. The first kappa shape index (κ1) is 20.0. The van der Waals surface area contributed by atoms with Crippen molar-refractivity contribution in [2.75, 3.05) is 13.1 Å². The zero-order valence-electron chi connectivity index (χ0n) is 15.2. The van der Waals surface area contributed by atoms with Crippen molar-refractivity contribution in [3.8, 4) is 0 Å². The van der Waals surface area contributed by atoms with E-state index in [1.54, 1.807) is 23.1 Å². The van der Waals surface area contributed by atoms with Crippen molar-refractivity contribution < 1.29 is 19.1 Å². The molecule has 0 unspecified atom stereocenters. The van der Waals surface area contributed by atoms with Gasteiger partial charge >= 0.3 is 6.09 Å². The Bertz CT molecular complexity index is 679. The Morgan fingerprint density at radius 1 is 1.15 bits per heavy atom. The Labute approximate surface area is 158 Å². The van der Waals surface area contributed by atoms with E-state index in [0.717, 1.165) is 0 Å². The molecule has 1 aliphatic heterocycles. The molecule has 26 heavy (non-hydrogen) atoms. The number of halogens is 1. The maximum Gasteiger partial charge on any atom is 0.410 e. The third kappa shape index (κ3) is 5.91. The summed E-state index contributed by atoms with van der Waals surface area (Å²) in [4.78, 5) is 37.8. The number of amides is 3. The highest BCUT2D eigenvalue weighted by molar-refractivity contribution is 6.30. The number of nitrogens with one attached hydrogen (secondary N) is 2. The normalized spacial score (nSPS) is 15.3. The minimum atomic E-state index is -0.546. The first-order chi connectivity index (χ1) is 12.2. The van der Waals surface area contributed by atoms with Gasteiger partial charge in [-0.2, -0.15) is 0 Å². The van der Waals surface area contributed by atoms with Gasteiger partial charge in [0.05, 0.1) is 0 Å². The van der Waals surface area contributed by atoms with Crippen LogP contribution in [0, 0.1) is 5.92 Å². The molecule has 142 valence electrons. The number of benzene rings is 1. The van der Waals surface area contributed by atoms with E-state index in [4.69, 9.17) is 16.3 Å². The highest BCUT2D eigenvalue weighted by Gasteiger charge is 2.30. The van der Waals surface area contributed by atoms with Crippen LogP contribution in [0.4, 0.5) is 4.79 Å². The number of rotatable bonds is 2. The standard InChI is InChI=1S/C18H24ClN3O4/c1-18(2,3)26-17(25)22-9-7-12(8-10-22)15(23)20-21-16(24)13-5-4-6-14(19)11-13/h4-6,11-12H,7-10H2,1-3H3,(H,20,23)(H,21,24). The van der Waals surface area contributed by atoms with E-state index in [9.17, 15) is 14.4 Å². The van der Waals surface area contributed by atoms with E-state index in [2.05, 4.69) is 10.9 Å². The summed E-state index contributed by atoms with van der Waals surface area (Å²) < 4.78 is 5.33. The van der Waals surface area contributed by atoms with Gasteiger partial charge < -0.3 is 9.64 Å². The quantitative estimate of drug-likeness (QED) is 0.771. The monoisotopic (exact) mass is 381 g/mol. The summed E-state index contributed by atoms with van der Waals surface area (Å²) in [5, 5.41) is 0.443. The van der Waals surface area contributed by atoms with Crippen LogP contribution in [-0.4, -0.2) is 41.5 Å². The lowest BCUT2D eigenvalue weighted by Crippen LogP contribution is -2.48. The van der Waals surface area contributed by atoms with E-state index < -0.39 is 11.5 Å². The van der Waals surface area contributed by atoms with Crippen LogP contribution in [0.3, 0.4) is 0 Å². The number of hydrazine groups is 1. The lowest BCUT2D eigenvalue weighted by molar-refractivity contribution is -0.127. The molecule has 1 saturated heterocycles. The molecule has 7 nitrogen and oxygen atoms in total. The van der Waals surface area contributed by atoms with E-state index >= 15 is 0 Å². The Morgan fingerprint density at radius 3 is 2.38 bits per heavy atom. The molecule has 0 aromatic heterocycles. The summed E-state index contributed by atoms with van der Waals surface area (Å²) >= 11 is 5.84. The number of piperidine rings is 1. The Morgan fingerprint density at radius 2 is 1.81 bits per heavy atom. The second kappa shape index (κ2) is 8.40. The van der Waals surface area contributed by atoms with Crippen LogP contribution in [0.5, 0.6) is 0 Å². The fourth-order valence-electron chi connectivity index (χ4n) is 2.57. The number of nitrogens with zero attached hydrogens (tertiary/aromatic N) is 1. The smallest absolute Gasteiger partial charge is 0.410 e. The minimum Gasteiger partial charge on any atom is -0.444 e. The molecule has 0 radical (unpaired) electrons. The zero-order valence-corrected chi connectivity index (χ0v) is 15.9. The predicted octanol–water partition coefficient (Wildman–Crippen LogP) is 2.75. The van der Waals surface area contributed by atoms with Gasteiger partial charge in [0.1, 0.15) is 5.60 Å². The molecular weight excluding hydrogens is 358 g/mol. The van der Waals surface area contributed by atoms with Crippen LogP contribution in [-0.2, 0) is 9.53 Å². The van der Waals surface area contributed by atoms with Gasteiger partial charge in [-0.1, -0.05) is 17.7 Å². The summed E-state index contributed by atoms with van der Waals surface area (Å²) in [5.74, 6) is -0.982. The average Bonchev–Trinajstić information content (AvgIpc) is 2.58. The largest absolute Gasteiger partial charge is 0.444 e. The summed E-state index contributed by atoms with van der Waals surface area (Å²) in [5.41, 5.74) is 4.64. The minimum absolute atomic E-state index is 0.270. The Kier molecular flexibility index (Phi) is 6.47. The number of likely N-dealkylation sites (tertiary alicyclic amines) is 1. The molecule has 1 aromatic rings. The van der Waals surface area contributed by atoms with E-state index in [1.165, 1.54) is 6.07 Å². The van der Waals surface area contributed by atoms with Crippen LogP contribution >= 0.6 is 11.6 Å². The van der Waals surface area contributed by atoms with Crippen molar-refractivity contribution in [3.05, 3.63) is 34.9 Å². The van der Waals surface area contributed by atoms with Gasteiger partial charge in [-0.15, -0.1) is 0 Å². The lowest BCUT2D eigenvalue weighted by Gasteiger charge is -2.32. The van der Waals surface area contributed by atoms with Crippen molar-refractivity contribution in [1.29, 1.82) is 0 Å². The number of hydrogen-bond acceptors (Lipinski definition) is 4. The van der Waals surface area contributed by atoms with Gasteiger partial charge in [0.25, 0.3) is 5.91 Å². The summed E-state index contributed by atoms with van der Waals surface area (Å²) in [6.07, 6.45) is 0.654. The van der Waals surface area contributed by atoms with Crippen LogP contribution < -0.4 is 10.9 Å². The number of carbonyl (C=O) groups is 3. The first-order valence-electron chi connectivity index (χ1n) is 8.49. The van der Waals surface area contributed by atoms with Gasteiger partial charge in [0, 0.05) is 29.6 Å². The molecule has 0 aliphatic carbocycles. The topological polar surface area (TPSA) is 87.7 Å². The van der Waals surface area contributed by atoms with E-state index in [-0.39, 0.29) is 17.9 Å². The third-order valence-corrected chi connectivity index (χ3v) is 4.14. The molecule has 8 heteroatoms. The second-order valence-corrected chi connectivity index (χ2v) is 7.63. The third-order valence-electron chi connectivity index (χ3n) is 3.90. The summed E-state index contributed by atoms with van der Waals surface area (Å²) in [6.45, 7) is 6.32. The molecule has 1 heterocycles. The van der Waals surface area contributed by atoms with Crippen LogP contribution in [0.2, 0.25) is 5.02 Å². The average molecular weight is 382 g/mol. The molecule has 0 spiro atoms. The predicted molar refractivity (Wildman–Crippen MR) is 97.6 cm³/mol. The highest BCUT2D eigenvalue weighted by atomic mass is 35.5. The van der Waals surface area contributed by atoms with Crippen molar-refractivity contribution in [3.63, 3.8) is 0 Å². The molecule has 1 fully saturated rings. The number of carbonyl (C=O) groups excluding carboxylic acids is 3. The maximum atomic E-state index is 12.2. The lowest BCUT2D eigenvalue weighted by atomic mass is 9.96. The second-order valence-electron chi connectivity index (χ2n) is 7.20. The molecule has 0 bridgehead atoms. The molecule has 0 saturated carbocycles. The first-order valence-corrected chi connectivity index (χ1v) is 8.87. The van der Waals surface area contributed by atoms with Gasteiger partial charge in [-0.05, 0) is 51.8 Å². The SMILES string of the molecule is CC(C)(C)OC(=O)N1CCC(C(=O)NNC(=O)c2cccc(Cl)c2)CC1. The van der Waals surface area contributed by atoms with Crippen LogP contribution in [0.1, 0.15) is 44.0 Å². The zero-order chi connectivity index (χ0) is 19.3. The number of ether oxygens (including phenoxy) is 1. The summed E-state index contributed by atoms with van der Waals surface area (Å²) in [7, 11) is 0. The molecule has 1 aromatic carbocycles. The van der Waals surface area contributed by atoms with Crippen molar-refractivity contribution >= 4 is 29.5 Å². The Hall–Kier alpha value is -2.28. The van der Waals surface area contributed by atoms with Crippen molar-refractivity contribution in [2.45, 2.75) is 39.2 Å². The fourth-order valence-corrected chi connectivity index (χ4v) is 2.76. The van der Waals surface area contributed by atoms with Gasteiger partial charge in [0.15, 0.2) is 0 Å². The van der Waals surface area contributed by atoms with Gasteiger partial charge in [-0.25, -0.2) is 4.79 Å². The fraction of sp³-hybridized carbons (Fsp3) is 0.500. The van der Waals surface area contributed by atoms with Crippen molar-refractivity contribution in [2.24, 2.45) is 5.92 Å². The molecule has 2 rings (SSSR count). The molecule has 1 aliphatic rings. The molecule has 0 atom stereocenters. The van der Waals surface area contributed by atoms with Gasteiger partial charge in [-0.3, -0.25) is 20.4 Å². The molecular formula is C18H24ClN3O4. The van der Waals surface area contributed by atoms with Crippen LogP contribution in [0.15, 0.2) is 24.3 Å². The summed E-state index contributed by atoms with van der Waals surface area (Å²) in [6, 6.07) is 6.44. The highest BCUT2D eigenvalue weighted by Crippen LogP contribution is 2.19. The van der Waals surface area contributed by atoms with Crippen molar-refractivity contribution in [1.82, 2.24) is 15.8 Å². The van der Waals surface area contributed by atoms with E-state index in [1.807, 2.05) is 20.8 Å². The Balaban J connectivity index is 1.78. The van der Waals surface area contributed by atoms with E-state index in [0.29, 0.717) is 36.5 Å².